The predicted molar refractivity (Wildman–Crippen MR) is 92.5 cm³/mol. The number of anilines is 1. The van der Waals surface area contributed by atoms with Crippen LogP contribution in [0.3, 0.4) is 0 Å². The summed E-state index contributed by atoms with van der Waals surface area (Å²) in [6.45, 7) is 4.83. The Morgan fingerprint density at radius 3 is 2.55 bits per heavy atom. The lowest BCUT2D eigenvalue weighted by Crippen LogP contribution is -1.99. The molecule has 0 aliphatic heterocycles. The number of aromatic nitrogens is 1. The minimum Gasteiger partial charge on any atom is -0.489 e. The van der Waals surface area contributed by atoms with Crippen LogP contribution in [-0.2, 0) is 6.61 Å². The number of nitrogen functional groups attached to an aromatic ring is 1. The van der Waals surface area contributed by atoms with Crippen molar-refractivity contribution < 1.29 is 4.74 Å². The van der Waals surface area contributed by atoms with Crippen molar-refractivity contribution in [1.82, 2.24) is 4.57 Å². The molecule has 0 bridgehead atoms. The first-order chi connectivity index (χ1) is 10.5. The second-order valence-corrected chi connectivity index (χ2v) is 6.11. The number of hydrogen-bond donors (Lipinski definition) is 1. The first kappa shape index (κ1) is 14.8. The molecule has 3 nitrogen and oxygen atoms in total. The molecule has 3 rings (SSSR count). The molecule has 0 fully saturated rings. The van der Waals surface area contributed by atoms with Crippen molar-refractivity contribution in [3.63, 3.8) is 0 Å². The van der Waals surface area contributed by atoms with E-state index in [2.05, 4.69) is 30.7 Å². The molecule has 0 radical (unpaired) electrons. The normalized spacial score (nSPS) is 11.3. The average molecular weight is 315 g/mol. The zero-order chi connectivity index (χ0) is 15.7. The van der Waals surface area contributed by atoms with Crippen molar-refractivity contribution in [1.29, 1.82) is 0 Å². The van der Waals surface area contributed by atoms with Gasteiger partial charge in [-0.25, -0.2) is 0 Å². The Morgan fingerprint density at radius 1 is 1.14 bits per heavy atom. The highest BCUT2D eigenvalue weighted by Crippen LogP contribution is 2.28. The monoisotopic (exact) mass is 314 g/mol. The number of fused-ring (bicyclic) bond motifs is 1. The van der Waals surface area contributed by atoms with E-state index in [1.54, 1.807) is 0 Å². The van der Waals surface area contributed by atoms with Gasteiger partial charge in [-0.2, -0.15) is 0 Å². The van der Waals surface area contributed by atoms with Gasteiger partial charge in [0.05, 0.1) is 5.52 Å². The lowest BCUT2D eigenvalue weighted by molar-refractivity contribution is 0.307. The molecule has 0 saturated heterocycles. The molecule has 0 spiro atoms. The van der Waals surface area contributed by atoms with Crippen molar-refractivity contribution in [3.8, 4) is 5.75 Å². The second-order valence-electron chi connectivity index (χ2n) is 5.67. The van der Waals surface area contributed by atoms with E-state index in [9.17, 15) is 0 Å². The molecule has 4 heteroatoms. The smallest absolute Gasteiger partial charge is 0.119 e. The third-order valence-electron chi connectivity index (χ3n) is 3.71. The number of halogens is 1. The van der Waals surface area contributed by atoms with Crippen LogP contribution >= 0.6 is 11.6 Å². The fourth-order valence-electron chi connectivity index (χ4n) is 2.57. The van der Waals surface area contributed by atoms with Crippen molar-refractivity contribution in [3.05, 3.63) is 59.2 Å². The maximum Gasteiger partial charge on any atom is 0.119 e. The van der Waals surface area contributed by atoms with Crippen LogP contribution < -0.4 is 10.5 Å². The summed E-state index contributed by atoms with van der Waals surface area (Å²) in [4.78, 5) is 0. The van der Waals surface area contributed by atoms with E-state index in [1.165, 1.54) is 5.39 Å². The Hall–Kier alpha value is -2.13. The first-order valence-electron chi connectivity index (χ1n) is 7.32. The highest BCUT2D eigenvalue weighted by atomic mass is 35.5. The molecule has 114 valence electrons. The van der Waals surface area contributed by atoms with Crippen LogP contribution in [-0.4, -0.2) is 4.57 Å². The Labute approximate surface area is 135 Å². The topological polar surface area (TPSA) is 40.2 Å². The quantitative estimate of drug-likeness (QED) is 0.685. The third-order valence-corrected chi connectivity index (χ3v) is 3.96. The van der Waals surface area contributed by atoms with Gasteiger partial charge in [-0.15, -0.1) is 0 Å². The maximum absolute atomic E-state index is 5.92. The summed E-state index contributed by atoms with van der Waals surface area (Å²) >= 11 is 5.89. The molecule has 0 amide bonds. The van der Waals surface area contributed by atoms with Gasteiger partial charge < -0.3 is 15.0 Å². The molecule has 1 aromatic heterocycles. The van der Waals surface area contributed by atoms with Crippen LogP contribution in [0.4, 0.5) is 5.69 Å². The van der Waals surface area contributed by atoms with E-state index < -0.39 is 0 Å². The summed E-state index contributed by atoms with van der Waals surface area (Å²) in [6.07, 6.45) is 2.14. The Balaban J connectivity index is 1.91. The molecular weight excluding hydrogens is 296 g/mol. The van der Waals surface area contributed by atoms with Gasteiger partial charge in [-0.05, 0) is 50.2 Å². The Kier molecular flexibility index (Phi) is 3.99. The summed E-state index contributed by atoms with van der Waals surface area (Å²) in [5.41, 5.74) is 8.99. The fraction of sp³-hybridized carbons (Fsp3) is 0.222. The van der Waals surface area contributed by atoms with Gasteiger partial charge in [-0.1, -0.05) is 17.7 Å². The number of rotatable bonds is 4. The molecule has 0 saturated carbocycles. The standard InChI is InChI=1S/C18H19ClN2O/c1-12(2)21-10-13(17-8-5-15(20)9-18(17)21)11-22-16-6-3-14(19)4-7-16/h3-10,12H,11,20H2,1-2H3. The fourth-order valence-corrected chi connectivity index (χ4v) is 2.70. The van der Waals surface area contributed by atoms with E-state index in [0.29, 0.717) is 17.7 Å². The SMILES string of the molecule is CC(C)n1cc(COc2ccc(Cl)cc2)c2ccc(N)cc21. The predicted octanol–water partition coefficient (Wildman–Crippen LogP) is 5.04. The minimum absolute atomic E-state index is 0.369. The lowest BCUT2D eigenvalue weighted by atomic mass is 10.1. The molecule has 0 atom stereocenters. The van der Waals surface area contributed by atoms with E-state index in [0.717, 1.165) is 22.5 Å². The Morgan fingerprint density at radius 2 is 1.86 bits per heavy atom. The van der Waals surface area contributed by atoms with Gasteiger partial charge in [0.25, 0.3) is 0 Å². The summed E-state index contributed by atoms with van der Waals surface area (Å²) in [5.74, 6) is 0.810. The van der Waals surface area contributed by atoms with Crippen LogP contribution in [0.5, 0.6) is 5.75 Å². The van der Waals surface area contributed by atoms with Gasteiger partial charge in [0, 0.05) is 33.9 Å². The number of ether oxygens (including phenoxy) is 1. The maximum atomic E-state index is 5.92. The van der Waals surface area contributed by atoms with E-state index in [4.69, 9.17) is 22.1 Å². The molecule has 0 aliphatic carbocycles. The van der Waals surface area contributed by atoms with Crippen molar-refractivity contribution >= 4 is 28.2 Å². The van der Waals surface area contributed by atoms with Crippen LogP contribution in [0.15, 0.2) is 48.7 Å². The van der Waals surface area contributed by atoms with E-state index in [-0.39, 0.29) is 0 Å². The zero-order valence-corrected chi connectivity index (χ0v) is 13.5. The summed E-state index contributed by atoms with van der Waals surface area (Å²) < 4.78 is 8.10. The van der Waals surface area contributed by atoms with Crippen LogP contribution in [0.25, 0.3) is 10.9 Å². The average Bonchev–Trinajstić information content (AvgIpc) is 2.85. The number of nitrogens with two attached hydrogens (primary N) is 1. The van der Waals surface area contributed by atoms with Gasteiger partial charge in [-0.3, -0.25) is 0 Å². The van der Waals surface area contributed by atoms with Gasteiger partial charge in [0.2, 0.25) is 0 Å². The summed E-state index contributed by atoms with van der Waals surface area (Å²) in [6, 6.07) is 13.8. The van der Waals surface area contributed by atoms with Crippen molar-refractivity contribution in [2.45, 2.75) is 26.5 Å². The molecule has 2 N–H and O–H groups in total. The van der Waals surface area contributed by atoms with Gasteiger partial charge >= 0.3 is 0 Å². The molecule has 3 aromatic rings. The van der Waals surface area contributed by atoms with Gasteiger partial charge in [0.1, 0.15) is 12.4 Å². The molecule has 22 heavy (non-hydrogen) atoms. The highest BCUT2D eigenvalue weighted by molar-refractivity contribution is 6.30. The van der Waals surface area contributed by atoms with Crippen LogP contribution in [0, 0.1) is 0 Å². The number of benzene rings is 2. The van der Waals surface area contributed by atoms with Crippen LogP contribution in [0.2, 0.25) is 5.02 Å². The summed E-state index contributed by atoms with van der Waals surface area (Å²) in [7, 11) is 0. The van der Waals surface area contributed by atoms with Gasteiger partial charge in [0.15, 0.2) is 0 Å². The second kappa shape index (κ2) is 5.93. The van der Waals surface area contributed by atoms with Crippen LogP contribution in [0.1, 0.15) is 25.5 Å². The molecule has 2 aromatic carbocycles. The van der Waals surface area contributed by atoms with E-state index in [1.807, 2.05) is 36.4 Å². The number of nitrogens with zero attached hydrogens (tertiary/aromatic N) is 1. The summed E-state index contributed by atoms with van der Waals surface area (Å²) in [5, 5.41) is 1.89. The largest absolute Gasteiger partial charge is 0.489 e. The molecule has 0 aliphatic rings. The highest BCUT2D eigenvalue weighted by Gasteiger charge is 2.11. The minimum atomic E-state index is 0.369. The lowest BCUT2D eigenvalue weighted by Gasteiger charge is -2.09. The van der Waals surface area contributed by atoms with Crippen molar-refractivity contribution in [2.75, 3.05) is 5.73 Å². The zero-order valence-electron chi connectivity index (χ0n) is 12.7. The molecule has 0 unspecified atom stereocenters. The van der Waals surface area contributed by atoms with E-state index >= 15 is 0 Å². The Bertz CT molecular complexity index is 791. The first-order valence-corrected chi connectivity index (χ1v) is 7.69. The number of hydrogen-bond acceptors (Lipinski definition) is 2. The molecular formula is C18H19ClN2O. The third kappa shape index (κ3) is 2.90. The van der Waals surface area contributed by atoms with Crippen molar-refractivity contribution in [2.24, 2.45) is 0 Å². The molecule has 1 heterocycles.